The average Bonchev–Trinajstić information content (AvgIpc) is 3.22. The minimum absolute atomic E-state index is 0.0871. The minimum atomic E-state index is -0.786. The number of piperidine rings is 1. The molecule has 1 aromatic heterocycles. The molecule has 3 heterocycles. The summed E-state index contributed by atoms with van der Waals surface area (Å²) in [5, 5.41) is 3.99. The van der Waals surface area contributed by atoms with Crippen LogP contribution in [0.15, 0.2) is 34.9 Å². The van der Waals surface area contributed by atoms with Gasteiger partial charge in [0.15, 0.2) is 0 Å². The highest BCUT2D eigenvalue weighted by Gasteiger charge is 2.58. The highest BCUT2D eigenvalue weighted by Crippen LogP contribution is 2.39. The van der Waals surface area contributed by atoms with Crippen LogP contribution in [0.3, 0.4) is 0 Å². The van der Waals surface area contributed by atoms with E-state index >= 15 is 0 Å². The Labute approximate surface area is 170 Å². The lowest BCUT2D eigenvalue weighted by Crippen LogP contribution is -2.57. The summed E-state index contributed by atoms with van der Waals surface area (Å²) >= 11 is 0. The topological polar surface area (TPSA) is 82.8 Å². The normalized spacial score (nSPS) is 19.1. The Morgan fingerprint density at radius 1 is 1.14 bits per heavy atom. The molecule has 0 saturated carbocycles. The van der Waals surface area contributed by atoms with Gasteiger partial charge in [0, 0.05) is 26.6 Å². The first-order valence-electron chi connectivity index (χ1n) is 10.1. The Morgan fingerprint density at radius 3 is 2.41 bits per heavy atom. The fourth-order valence-corrected chi connectivity index (χ4v) is 4.28. The Hall–Kier alpha value is -2.90. The second kappa shape index (κ2) is 7.50. The molecule has 3 amide bonds. The molecular weight excluding hydrogens is 370 g/mol. The summed E-state index contributed by atoms with van der Waals surface area (Å²) in [7, 11) is 0. The quantitative estimate of drug-likeness (QED) is 0.722. The van der Waals surface area contributed by atoms with Crippen molar-refractivity contribution in [3.63, 3.8) is 0 Å². The molecule has 2 aliphatic heterocycles. The van der Waals surface area contributed by atoms with E-state index < -0.39 is 5.54 Å². The smallest absolute Gasteiger partial charge is 0.327 e. The van der Waals surface area contributed by atoms with Gasteiger partial charge in [-0.25, -0.2) is 4.79 Å². The van der Waals surface area contributed by atoms with Crippen molar-refractivity contribution in [2.24, 2.45) is 5.92 Å². The summed E-state index contributed by atoms with van der Waals surface area (Å²) < 4.78 is 5.09. The van der Waals surface area contributed by atoms with Gasteiger partial charge in [-0.05, 0) is 29.5 Å². The molecule has 0 atom stereocenters. The second-order valence-electron chi connectivity index (χ2n) is 8.30. The molecule has 4 rings (SSSR count). The summed E-state index contributed by atoms with van der Waals surface area (Å²) in [4.78, 5) is 36.3. The summed E-state index contributed by atoms with van der Waals surface area (Å²) in [6.07, 6.45) is 1.12. The van der Waals surface area contributed by atoms with E-state index in [2.05, 4.69) is 24.0 Å². The van der Waals surface area contributed by atoms with Crippen LogP contribution in [0.25, 0.3) is 0 Å². The van der Waals surface area contributed by atoms with Gasteiger partial charge in [-0.3, -0.25) is 9.69 Å². The van der Waals surface area contributed by atoms with Crippen LogP contribution in [0.4, 0.5) is 10.7 Å². The number of hydrogen-bond acceptors (Lipinski definition) is 6. The van der Waals surface area contributed by atoms with Gasteiger partial charge in [-0.2, -0.15) is 4.98 Å². The van der Waals surface area contributed by atoms with E-state index in [0.717, 1.165) is 5.56 Å². The van der Waals surface area contributed by atoms with Gasteiger partial charge in [-0.1, -0.05) is 44.2 Å². The van der Waals surface area contributed by atoms with Crippen molar-refractivity contribution < 1.29 is 14.1 Å². The fraction of sp³-hybridized carbons (Fsp3) is 0.524. The van der Waals surface area contributed by atoms with Crippen molar-refractivity contribution in [3.05, 3.63) is 41.8 Å². The second-order valence-corrected chi connectivity index (χ2v) is 8.30. The van der Waals surface area contributed by atoms with E-state index in [0.29, 0.717) is 50.9 Å². The van der Waals surface area contributed by atoms with Crippen LogP contribution in [0, 0.1) is 12.8 Å². The molecule has 0 aliphatic carbocycles. The molecule has 8 heteroatoms. The van der Waals surface area contributed by atoms with Crippen molar-refractivity contribution in [2.75, 3.05) is 24.5 Å². The number of anilines is 1. The Balaban J connectivity index is 1.58. The maximum Gasteiger partial charge on any atom is 0.327 e. The van der Waals surface area contributed by atoms with Gasteiger partial charge in [0.2, 0.25) is 5.89 Å². The van der Waals surface area contributed by atoms with Gasteiger partial charge >= 0.3 is 6.03 Å². The van der Waals surface area contributed by atoms with Crippen molar-refractivity contribution >= 4 is 17.9 Å². The largest absolute Gasteiger partial charge is 0.338 e. The fourth-order valence-electron chi connectivity index (χ4n) is 4.28. The Kier molecular flexibility index (Phi) is 5.02. The molecular formula is C21H27N5O3. The molecule has 154 valence electrons. The third kappa shape index (κ3) is 3.47. The Morgan fingerprint density at radius 2 is 1.83 bits per heavy atom. The third-order valence-electron chi connectivity index (χ3n) is 5.74. The highest BCUT2D eigenvalue weighted by atomic mass is 16.5. The standard InChI is InChI=1S/C21H27N5O3/c1-15(2)13-26-20(28)25(14-17-7-5-4-6-8-17)18(27)21(26)9-11-24(12-10-21)19-22-16(3)29-23-19/h4-8,15H,9-14H2,1-3H3. The van der Waals surface area contributed by atoms with Crippen molar-refractivity contribution in [3.8, 4) is 0 Å². The van der Waals surface area contributed by atoms with E-state index in [9.17, 15) is 9.59 Å². The molecule has 0 unspecified atom stereocenters. The number of aromatic nitrogens is 2. The molecule has 2 aromatic rings. The van der Waals surface area contributed by atoms with Crippen LogP contribution in [-0.2, 0) is 11.3 Å². The van der Waals surface area contributed by atoms with Crippen molar-refractivity contribution in [1.29, 1.82) is 0 Å². The number of aryl methyl sites for hydroxylation is 1. The maximum atomic E-state index is 13.5. The predicted octanol–water partition coefficient (Wildman–Crippen LogP) is 2.84. The first-order chi connectivity index (χ1) is 13.9. The average molecular weight is 397 g/mol. The number of amides is 3. The number of hydrogen-bond donors (Lipinski definition) is 0. The van der Waals surface area contributed by atoms with Gasteiger partial charge in [0.1, 0.15) is 5.54 Å². The molecule has 0 radical (unpaired) electrons. The van der Waals surface area contributed by atoms with E-state index in [1.54, 1.807) is 6.92 Å². The number of carbonyl (C=O) groups excluding carboxylic acids is 2. The molecule has 2 fully saturated rings. The molecule has 0 N–H and O–H groups in total. The number of rotatable bonds is 5. The lowest BCUT2D eigenvalue weighted by Gasteiger charge is -2.42. The lowest BCUT2D eigenvalue weighted by atomic mass is 9.85. The number of imide groups is 1. The van der Waals surface area contributed by atoms with Crippen LogP contribution >= 0.6 is 0 Å². The van der Waals surface area contributed by atoms with Gasteiger partial charge in [0.05, 0.1) is 6.54 Å². The van der Waals surface area contributed by atoms with Crippen molar-refractivity contribution in [1.82, 2.24) is 19.9 Å². The highest BCUT2D eigenvalue weighted by molar-refractivity contribution is 6.07. The van der Waals surface area contributed by atoms with Gasteiger partial charge in [-0.15, -0.1) is 0 Å². The molecule has 2 aliphatic rings. The van der Waals surface area contributed by atoms with E-state index in [-0.39, 0.29) is 17.9 Å². The summed E-state index contributed by atoms with van der Waals surface area (Å²) in [5.41, 5.74) is 0.168. The van der Waals surface area contributed by atoms with E-state index in [4.69, 9.17) is 4.52 Å². The summed E-state index contributed by atoms with van der Waals surface area (Å²) in [6, 6.07) is 9.48. The van der Waals surface area contributed by atoms with Crippen LogP contribution in [0.2, 0.25) is 0 Å². The summed E-state index contributed by atoms with van der Waals surface area (Å²) in [6.45, 7) is 7.98. The maximum absolute atomic E-state index is 13.5. The number of urea groups is 1. The number of benzene rings is 1. The van der Waals surface area contributed by atoms with Gasteiger partial charge < -0.3 is 14.3 Å². The molecule has 29 heavy (non-hydrogen) atoms. The number of nitrogens with zero attached hydrogens (tertiary/aromatic N) is 5. The zero-order chi connectivity index (χ0) is 20.6. The monoisotopic (exact) mass is 397 g/mol. The van der Waals surface area contributed by atoms with E-state index in [1.165, 1.54) is 4.90 Å². The van der Waals surface area contributed by atoms with Crippen LogP contribution in [0.5, 0.6) is 0 Å². The summed E-state index contributed by atoms with van der Waals surface area (Å²) in [5.74, 6) is 1.25. The predicted molar refractivity (Wildman–Crippen MR) is 107 cm³/mol. The van der Waals surface area contributed by atoms with Crippen LogP contribution in [0.1, 0.15) is 38.1 Å². The molecule has 2 saturated heterocycles. The van der Waals surface area contributed by atoms with E-state index in [1.807, 2.05) is 40.1 Å². The Bertz CT molecular complexity index is 887. The minimum Gasteiger partial charge on any atom is -0.338 e. The lowest BCUT2D eigenvalue weighted by molar-refractivity contribution is -0.134. The molecule has 0 bridgehead atoms. The molecule has 1 spiro atoms. The zero-order valence-electron chi connectivity index (χ0n) is 17.2. The van der Waals surface area contributed by atoms with Crippen LogP contribution < -0.4 is 4.90 Å². The number of carbonyl (C=O) groups is 2. The zero-order valence-corrected chi connectivity index (χ0v) is 17.2. The van der Waals surface area contributed by atoms with Crippen molar-refractivity contribution in [2.45, 2.75) is 45.7 Å². The third-order valence-corrected chi connectivity index (χ3v) is 5.74. The van der Waals surface area contributed by atoms with Crippen LogP contribution in [-0.4, -0.2) is 57.1 Å². The first kappa shape index (κ1) is 19.4. The molecule has 8 nitrogen and oxygen atoms in total. The molecule has 1 aromatic carbocycles. The first-order valence-corrected chi connectivity index (χ1v) is 10.1. The van der Waals surface area contributed by atoms with Gasteiger partial charge in [0.25, 0.3) is 11.9 Å². The SMILES string of the molecule is Cc1nc(N2CCC3(CC2)C(=O)N(Cc2ccccc2)C(=O)N3CC(C)C)no1.